The average molecular weight is 318 g/mol. The first-order valence-electron chi connectivity index (χ1n) is 7.01. The number of para-hydroxylation sites is 2. The summed E-state index contributed by atoms with van der Waals surface area (Å²) >= 11 is 0. The van der Waals surface area contributed by atoms with Crippen molar-refractivity contribution in [3.05, 3.63) is 51.3 Å². The molecule has 122 valence electrons. The van der Waals surface area contributed by atoms with Gasteiger partial charge in [0, 0.05) is 23.9 Å². The molecule has 23 heavy (non-hydrogen) atoms. The number of ether oxygens (including phenoxy) is 1. The lowest BCUT2D eigenvalue weighted by Gasteiger charge is -2.08. The first-order chi connectivity index (χ1) is 10.9. The van der Waals surface area contributed by atoms with Crippen molar-refractivity contribution in [2.24, 2.45) is 0 Å². The van der Waals surface area contributed by atoms with Gasteiger partial charge < -0.3 is 10.1 Å². The number of nitro groups is 1. The highest BCUT2D eigenvalue weighted by Crippen LogP contribution is 2.24. The largest absolute Gasteiger partial charge is 0.468 e. The number of nitrogens with one attached hydrogen (secondary N) is 1. The lowest BCUT2D eigenvalue weighted by Crippen LogP contribution is -2.14. The molecule has 8 nitrogen and oxygen atoms in total. The fraction of sp³-hybridized carbons (Fsp3) is 0.333. The summed E-state index contributed by atoms with van der Waals surface area (Å²) in [4.78, 5) is 22.0. The molecule has 1 N–H and O–H groups in total. The molecule has 0 aliphatic heterocycles. The van der Waals surface area contributed by atoms with Crippen LogP contribution in [0.1, 0.15) is 17.0 Å². The van der Waals surface area contributed by atoms with Crippen molar-refractivity contribution in [2.45, 2.75) is 26.9 Å². The number of carbonyl (C=O) groups is 1. The minimum absolute atomic E-state index is 0.0183. The van der Waals surface area contributed by atoms with E-state index in [1.165, 1.54) is 13.2 Å². The molecule has 1 aromatic heterocycles. The fourth-order valence-corrected chi connectivity index (χ4v) is 2.30. The second kappa shape index (κ2) is 6.91. The predicted molar refractivity (Wildman–Crippen MR) is 84.1 cm³/mol. The van der Waals surface area contributed by atoms with Gasteiger partial charge in [-0.05, 0) is 19.9 Å². The van der Waals surface area contributed by atoms with Gasteiger partial charge in [-0.1, -0.05) is 12.1 Å². The molecule has 0 fully saturated rings. The van der Waals surface area contributed by atoms with Crippen LogP contribution in [-0.4, -0.2) is 27.8 Å². The Bertz CT molecular complexity index is 739. The maximum absolute atomic E-state index is 11.4. The number of aromatic nitrogens is 2. The molecule has 0 saturated heterocycles. The van der Waals surface area contributed by atoms with Crippen LogP contribution in [0.3, 0.4) is 0 Å². The number of hydrogen-bond donors (Lipinski definition) is 1. The number of methoxy groups -OCH3 is 1. The number of hydrogen-bond acceptors (Lipinski definition) is 6. The number of aryl methyl sites for hydroxylation is 1. The van der Waals surface area contributed by atoms with E-state index in [0.717, 1.165) is 17.0 Å². The molecule has 0 amide bonds. The van der Waals surface area contributed by atoms with Crippen LogP contribution in [0, 0.1) is 24.0 Å². The van der Waals surface area contributed by atoms with Crippen molar-refractivity contribution in [1.82, 2.24) is 9.78 Å². The molecule has 2 rings (SSSR count). The number of carbonyl (C=O) groups excluding carboxylic acids is 1. The summed E-state index contributed by atoms with van der Waals surface area (Å²) < 4.78 is 6.21. The summed E-state index contributed by atoms with van der Waals surface area (Å²) in [6.45, 7) is 4.09. The predicted octanol–water partition coefficient (Wildman–Crippen LogP) is 2.19. The molecule has 0 atom stereocenters. The van der Waals surface area contributed by atoms with E-state index < -0.39 is 4.92 Å². The molecule has 0 saturated carbocycles. The van der Waals surface area contributed by atoms with Crippen LogP contribution in [0.4, 0.5) is 11.4 Å². The summed E-state index contributed by atoms with van der Waals surface area (Å²) in [5.41, 5.74) is 2.94. The van der Waals surface area contributed by atoms with Gasteiger partial charge in [-0.2, -0.15) is 5.10 Å². The van der Waals surface area contributed by atoms with E-state index >= 15 is 0 Å². The van der Waals surface area contributed by atoms with Crippen molar-refractivity contribution in [2.75, 3.05) is 12.4 Å². The summed E-state index contributed by atoms with van der Waals surface area (Å²) in [5.74, 6) is -0.381. The van der Waals surface area contributed by atoms with E-state index in [4.69, 9.17) is 0 Å². The third kappa shape index (κ3) is 3.65. The molecule has 0 unspecified atom stereocenters. The van der Waals surface area contributed by atoms with Gasteiger partial charge in [-0.15, -0.1) is 0 Å². The van der Waals surface area contributed by atoms with Gasteiger partial charge in [0.1, 0.15) is 12.2 Å². The minimum Gasteiger partial charge on any atom is -0.468 e. The zero-order valence-electron chi connectivity index (χ0n) is 13.2. The second-order valence-corrected chi connectivity index (χ2v) is 5.01. The molecule has 0 aliphatic rings. The monoisotopic (exact) mass is 318 g/mol. The number of rotatable bonds is 6. The van der Waals surface area contributed by atoms with Gasteiger partial charge in [-0.3, -0.25) is 19.6 Å². The maximum Gasteiger partial charge on any atom is 0.327 e. The zero-order chi connectivity index (χ0) is 17.0. The number of nitrogens with zero attached hydrogens (tertiary/aromatic N) is 3. The Kier molecular flexibility index (Phi) is 4.95. The molecule has 0 spiro atoms. The van der Waals surface area contributed by atoms with Crippen LogP contribution < -0.4 is 5.32 Å². The third-order valence-electron chi connectivity index (χ3n) is 3.59. The maximum atomic E-state index is 11.4. The molecule has 0 radical (unpaired) electrons. The average Bonchev–Trinajstić information content (AvgIpc) is 2.79. The SMILES string of the molecule is COC(=O)Cn1nc(C)c(CNc2ccccc2[N+](=O)[O-])c1C. The molecule has 1 heterocycles. The Morgan fingerprint density at radius 3 is 2.74 bits per heavy atom. The van der Waals surface area contributed by atoms with E-state index in [-0.39, 0.29) is 18.2 Å². The van der Waals surface area contributed by atoms with Crippen LogP contribution in [0.2, 0.25) is 0 Å². The highest BCUT2D eigenvalue weighted by molar-refractivity contribution is 5.69. The first kappa shape index (κ1) is 16.5. The highest BCUT2D eigenvalue weighted by atomic mass is 16.6. The number of benzene rings is 1. The quantitative estimate of drug-likeness (QED) is 0.498. The van der Waals surface area contributed by atoms with Crippen molar-refractivity contribution in [3.8, 4) is 0 Å². The second-order valence-electron chi connectivity index (χ2n) is 5.01. The summed E-state index contributed by atoms with van der Waals surface area (Å²) in [7, 11) is 1.32. The molecule has 8 heteroatoms. The third-order valence-corrected chi connectivity index (χ3v) is 3.59. The standard InChI is InChI=1S/C15H18N4O4/c1-10-12(11(2)18(17-10)9-15(20)23-3)8-16-13-6-4-5-7-14(13)19(21)22/h4-7,16H,8-9H2,1-3H3. The molecule has 0 bridgehead atoms. The number of esters is 1. The lowest BCUT2D eigenvalue weighted by atomic mass is 10.2. The van der Waals surface area contributed by atoms with Crippen molar-refractivity contribution in [3.63, 3.8) is 0 Å². The Hall–Kier alpha value is -2.90. The van der Waals surface area contributed by atoms with Crippen LogP contribution in [0.5, 0.6) is 0 Å². The fourth-order valence-electron chi connectivity index (χ4n) is 2.30. The van der Waals surface area contributed by atoms with Gasteiger partial charge in [-0.25, -0.2) is 0 Å². The summed E-state index contributed by atoms with van der Waals surface area (Å²) in [5, 5.41) is 18.4. The van der Waals surface area contributed by atoms with Gasteiger partial charge in [0.25, 0.3) is 5.69 Å². The molecular formula is C15H18N4O4. The van der Waals surface area contributed by atoms with Crippen LogP contribution in [0.15, 0.2) is 24.3 Å². The van der Waals surface area contributed by atoms with E-state index in [9.17, 15) is 14.9 Å². The van der Waals surface area contributed by atoms with E-state index in [1.54, 1.807) is 22.9 Å². The van der Waals surface area contributed by atoms with Crippen molar-refractivity contribution in [1.29, 1.82) is 0 Å². The van der Waals surface area contributed by atoms with Gasteiger partial charge in [0.15, 0.2) is 0 Å². The molecular weight excluding hydrogens is 300 g/mol. The van der Waals surface area contributed by atoms with Crippen molar-refractivity contribution < 1.29 is 14.5 Å². The highest BCUT2D eigenvalue weighted by Gasteiger charge is 2.16. The topological polar surface area (TPSA) is 99.3 Å². The van der Waals surface area contributed by atoms with Crippen LogP contribution in [0.25, 0.3) is 0 Å². The Balaban J connectivity index is 2.19. The first-order valence-corrected chi connectivity index (χ1v) is 7.01. The molecule has 2 aromatic rings. The summed E-state index contributed by atoms with van der Waals surface area (Å²) in [6.07, 6.45) is 0. The van der Waals surface area contributed by atoms with E-state index in [2.05, 4.69) is 15.2 Å². The Morgan fingerprint density at radius 1 is 1.39 bits per heavy atom. The smallest absolute Gasteiger partial charge is 0.327 e. The molecule has 0 aliphatic carbocycles. The number of anilines is 1. The summed E-state index contributed by atoms with van der Waals surface area (Å²) in [6, 6.07) is 6.45. The molecule has 1 aromatic carbocycles. The zero-order valence-corrected chi connectivity index (χ0v) is 13.2. The van der Waals surface area contributed by atoms with Crippen molar-refractivity contribution >= 4 is 17.3 Å². The van der Waals surface area contributed by atoms with Crippen LogP contribution >= 0.6 is 0 Å². The van der Waals surface area contributed by atoms with Gasteiger partial charge in [0.05, 0.1) is 17.7 Å². The number of nitro benzene ring substituents is 1. The normalized spacial score (nSPS) is 10.4. The van der Waals surface area contributed by atoms with Crippen LogP contribution in [-0.2, 0) is 22.6 Å². The van der Waals surface area contributed by atoms with Gasteiger partial charge >= 0.3 is 5.97 Å². The minimum atomic E-state index is -0.428. The van der Waals surface area contributed by atoms with E-state index in [1.807, 2.05) is 13.8 Å². The Morgan fingerprint density at radius 2 is 2.09 bits per heavy atom. The Labute approximate surface area is 133 Å². The lowest BCUT2D eigenvalue weighted by molar-refractivity contribution is -0.384. The van der Waals surface area contributed by atoms with Gasteiger partial charge in [0.2, 0.25) is 0 Å². The van der Waals surface area contributed by atoms with E-state index in [0.29, 0.717) is 12.2 Å².